The minimum absolute atomic E-state index is 0.266. The van der Waals surface area contributed by atoms with Crippen LogP contribution in [0.5, 0.6) is 0 Å². The lowest BCUT2D eigenvalue weighted by molar-refractivity contribution is -0.121. The number of carbonyl (C=O) groups is 2. The molecule has 36 heavy (non-hydrogen) atoms. The summed E-state index contributed by atoms with van der Waals surface area (Å²) >= 11 is 0. The van der Waals surface area contributed by atoms with Gasteiger partial charge >= 0.3 is 0 Å². The second kappa shape index (κ2) is 9.37. The van der Waals surface area contributed by atoms with Crippen molar-refractivity contribution in [1.29, 1.82) is 0 Å². The number of anilines is 1. The Labute approximate surface area is 208 Å². The number of hydrogen-bond donors (Lipinski definition) is 1. The van der Waals surface area contributed by atoms with Crippen LogP contribution in [0.4, 0.5) is 10.2 Å². The maximum atomic E-state index is 14.0. The monoisotopic (exact) mass is 483 g/mol. The van der Waals surface area contributed by atoms with E-state index in [0.717, 1.165) is 16.8 Å². The molecular formula is C28H26FN5O2. The fourth-order valence-electron chi connectivity index (χ4n) is 4.87. The Morgan fingerprint density at radius 1 is 1.06 bits per heavy atom. The fourth-order valence-corrected chi connectivity index (χ4v) is 4.87. The quantitative estimate of drug-likeness (QED) is 0.429. The number of nitrogens with zero attached hydrogens (tertiary/aromatic N) is 4. The highest BCUT2D eigenvalue weighted by atomic mass is 19.1. The van der Waals surface area contributed by atoms with Gasteiger partial charge in [0.05, 0.1) is 11.4 Å². The van der Waals surface area contributed by atoms with Crippen molar-refractivity contribution in [1.82, 2.24) is 20.1 Å². The number of aryl methyl sites for hydroxylation is 2. The van der Waals surface area contributed by atoms with E-state index >= 15 is 0 Å². The number of nitrogens with one attached hydrogen (secondary N) is 1. The van der Waals surface area contributed by atoms with Gasteiger partial charge in [-0.2, -0.15) is 9.49 Å². The van der Waals surface area contributed by atoms with E-state index in [1.807, 2.05) is 57.2 Å². The number of amides is 2. The smallest absolute Gasteiger partial charge is 0.251 e. The van der Waals surface area contributed by atoms with E-state index in [1.54, 1.807) is 33.8 Å². The van der Waals surface area contributed by atoms with Crippen LogP contribution < -0.4 is 10.2 Å². The van der Waals surface area contributed by atoms with Gasteiger partial charge in [0.2, 0.25) is 5.95 Å². The highest BCUT2D eigenvalue weighted by Crippen LogP contribution is 2.43. The minimum Gasteiger partial charge on any atom is -0.339 e. The number of carbonyl (C=O) groups excluding carboxylic acids is 2. The first-order chi connectivity index (χ1) is 17.4. The van der Waals surface area contributed by atoms with Gasteiger partial charge in [0.25, 0.3) is 11.8 Å². The highest BCUT2D eigenvalue weighted by Gasteiger charge is 2.45. The van der Waals surface area contributed by atoms with Gasteiger partial charge in [0.1, 0.15) is 11.9 Å². The summed E-state index contributed by atoms with van der Waals surface area (Å²) in [4.78, 5) is 32.7. The van der Waals surface area contributed by atoms with Crippen LogP contribution in [0.2, 0.25) is 0 Å². The van der Waals surface area contributed by atoms with Crippen LogP contribution in [0.15, 0.2) is 72.9 Å². The molecule has 0 radical (unpaired) electrons. The van der Waals surface area contributed by atoms with Crippen LogP contribution in [0, 0.1) is 19.8 Å². The minimum atomic E-state index is -0.926. The molecule has 0 spiro atoms. The first-order valence-electron chi connectivity index (χ1n) is 11.8. The molecule has 1 aliphatic heterocycles. The number of rotatable bonds is 5. The van der Waals surface area contributed by atoms with Crippen LogP contribution in [-0.4, -0.2) is 39.2 Å². The molecule has 0 fully saturated rings. The first kappa shape index (κ1) is 23.4. The zero-order valence-corrected chi connectivity index (χ0v) is 20.3. The van der Waals surface area contributed by atoms with Crippen molar-refractivity contribution >= 4 is 17.6 Å². The topological polar surface area (TPSA) is 80.1 Å². The molecule has 2 atom stereocenters. The first-order valence-corrected chi connectivity index (χ1v) is 11.8. The molecule has 2 amide bonds. The molecule has 2 aromatic heterocycles. The van der Waals surface area contributed by atoms with Crippen LogP contribution in [0.3, 0.4) is 0 Å². The third kappa shape index (κ3) is 4.04. The number of pyridine rings is 1. The second-order valence-electron chi connectivity index (χ2n) is 8.87. The van der Waals surface area contributed by atoms with Gasteiger partial charge in [-0.25, -0.2) is 9.67 Å². The van der Waals surface area contributed by atoms with Crippen molar-refractivity contribution in [3.8, 4) is 5.69 Å². The molecule has 0 saturated carbocycles. The van der Waals surface area contributed by atoms with Gasteiger partial charge in [-0.3, -0.25) is 14.5 Å². The number of benzene rings is 2. The van der Waals surface area contributed by atoms with E-state index in [0.29, 0.717) is 29.2 Å². The standard InChI is InChI=1S/C28H26FN5O2/c1-4-33-27-23(18(3)32-34(27)21-11-6-5-7-12-21)24(20-13-14-22(29)30-16-20)25(28(33)36)31-26(35)19-10-8-9-17(2)15-19/h5-16,24-25H,4H2,1-3H3,(H,31,35). The molecule has 1 aliphatic rings. The van der Waals surface area contributed by atoms with Crippen molar-refractivity contribution in [3.63, 3.8) is 0 Å². The molecule has 1 N–H and O–H groups in total. The molecule has 3 heterocycles. The Morgan fingerprint density at radius 2 is 1.83 bits per heavy atom. The van der Waals surface area contributed by atoms with Crippen molar-refractivity contribution in [2.45, 2.75) is 32.7 Å². The van der Waals surface area contributed by atoms with Crippen LogP contribution in [0.1, 0.15) is 45.6 Å². The van der Waals surface area contributed by atoms with E-state index in [1.165, 1.54) is 12.3 Å². The summed E-state index contributed by atoms with van der Waals surface area (Å²) in [5.41, 5.74) is 4.34. The summed E-state index contributed by atoms with van der Waals surface area (Å²) in [6.45, 7) is 6.06. The third-order valence-electron chi connectivity index (χ3n) is 6.51. The number of para-hydroxylation sites is 1. The Morgan fingerprint density at radius 3 is 2.50 bits per heavy atom. The van der Waals surface area contributed by atoms with Crippen molar-refractivity contribution in [2.75, 3.05) is 11.4 Å². The Hall–Kier alpha value is -4.33. The second-order valence-corrected chi connectivity index (χ2v) is 8.87. The predicted molar refractivity (Wildman–Crippen MR) is 135 cm³/mol. The summed E-state index contributed by atoms with van der Waals surface area (Å²) in [5.74, 6) is -1.20. The highest BCUT2D eigenvalue weighted by molar-refractivity contribution is 6.05. The maximum Gasteiger partial charge on any atom is 0.251 e. The number of likely N-dealkylation sites (N-methyl/N-ethyl adjacent to an activating group) is 1. The molecule has 7 nitrogen and oxygen atoms in total. The maximum absolute atomic E-state index is 14.0. The average molecular weight is 484 g/mol. The van der Waals surface area contributed by atoms with Gasteiger partial charge in [-0.15, -0.1) is 0 Å². The van der Waals surface area contributed by atoms with Crippen molar-refractivity contribution in [2.24, 2.45) is 0 Å². The van der Waals surface area contributed by atoms with Crippen molar-refractivity contribution in [3.05, 3.63) is 107 Å². The lowest BCUT2D eigenvalue weighted by Crippen LogP contribution is -2.55. The number of halogens is 1. The summed E-state index contributed by atoms with van der Waals surface area (Å²) in [6, 6.07) is 18.7. The molecule has 0 aliphatic carbocycles. The van der Waals surface area contributed by atoms with E-state index in [4.69, 9.17) is 5.10 Å². The third-order valence-corrected chi connectivity index (χ3v) is 6.51. The summed E-state index contributed by atoms with van der Waals surface area (Å²) in [7, 11) is 0. The van der Waals surface area contributed by atoms with Crippen LogP contribution >= 0.6 is 0 Å². The number of aromatic nitrogens is 3. The lowest BCUT2D eigenvalue weighted by Gasteiger charge is -2.38. The van der Waals surface area contributed by atoms with Gasteiger partial charge in [0.15, 0.2) is 0 Å². The molecule has 2 aromatic carbocycles. The summed E-state index contributed by atoms with van der Waals surface area (Å²) < 4.78 is 15.5. The molecule has 0 saturated heterocycles. The Balaban J connectivity index is 1.68. The normalized spacial score (nSPS) is 17.1. The van der Waals surface area contributed by atoms with E-state index < -0.39 is 17.9 Å². The van der Waals surface area contributed by atoms with Gasteiger partial charge in [-0.05, 0) is 56.7 Å². The molecular weight excluding hydrogens is 457 g/mol. The molecule has 5 rings (SSSR count). The zero-order chi connectivity index (χ0) is 25.4. The average Bonchev–Trinajstić information content (AvgIpc) is 3.22. The van der Waals surface area contributed by atoms with Crippen LogP contribution in [0.25, 0.3) is 5.69 Å². The van der Waals surface area contributed by atoms with E-state index in [-0.39, 0.29) is 11.8 Å². The predicted octanol–water partition coefficient (Wildman–Crippen LogP) is 4.32. The SMILES string of the molecule is CCN1C(=O)C(NC(=O)c2cccc(C)c2)C(c2ccc(F)nc2)c2c(C)nn(-c3ccccc3)c21. The summed E-state index contributed by atoms with van der Waals surface area (Å²) in [5, 5.41) is 7.76. The van der Waals surface area contributed by atoms with Crippen LogP contribution in [-0.2, 0) is 4.79 Å². The molecule has 182 valence electrons. The van der Waals surface area contributed by atoms with Gasteiger partial charge in [0, 0.05) is 29.8 Å². The van der Waals surface area contributed by atoms with Gasteiger partial charge < -0.3 is 5.32 Å². The van der Waals surface area contributed by atoms with Crippen molar-refractivity contribution < 1.29 is 14.0 Å². The Kier molecular flexibility index (Phi) is 6.10. The molecule has 2 unspecified atom stereocenters. The van der Waals surface area contributed by atoms with E-state index in [2.05, 4.69) is 10.3 Å². The number of hydrogen-bond acceptors (Lipinski definition) is 4. The summed E-state index contributed by atoms with van der Waals surface area (Å²) in [6.07, 6.45) is 1.42. The zero-order valence-electron chi connectivity index (χ0n) is 20.3. The molecule has 4 aromatic rings. The number of fused-ring (bicyclic) bond motifs is 1. The lowest BCUT2D eigenvalue weighted by atomic mass is 9.81. The fraction of sp³-hybridized carbons (Fsp3) is 0.214. The Bertz CT molecular complexity index is 1430. The molecule has 0 bridgehead atoms. The van der Waals surface area contributed by atoms with Gasteiger partial charge in [-0.1, -0.05) is 42.0 Å². The van der Waals surface area contributed by atoms with E-state index in [9.17, 15) is 14.0 Å². The largest absolute Gasteiger partial charge is 0.339 e. The molecule has 8 heteroatoms.